The number of nitrogens with two attached hydrogens (primary N) is 1. The molecule has 0 aliphatic carbocycles. The van der Waals surface area contributed by atoms with Crippen molar-refractivity contribution in [2.24, 2.45) is 0 Å². The van der Waals surface area contributed by atoms with Gasteiger partial charge in [0, 0.05) is 24.5 Å². The first-order valence-corrected chi connectivity index (χ1v) is 6.30. The Morgan fingerprint density at radius 3 is 2.74 bits per heavy atom. The predicted molar refractivity (Wildman–Crippen MR) is 71.4 cm³/mol. The van der Waals surface area contributed by atoms with Crippen molar-refractivity contribution in [2.75, 3.05) is 5.73 Å². The van der Waals surface area contributed by atoms with Crippen molar-refractivity contribution in [2.45, 2.75) is 12.5 Å². The van der Waals surface area contributed by atoms with Gasteiger partial charge in [-0.05, 0) is 39.2 Å². The minimum absolute atomic E-state index is 0.0811. The molecule has 1 heterocycles. The summed E-state index contributed by atoms with van der Waals surface area (Å²) >= 11 is 2.94. The fourth-order valence-electron chi connectivity index (χ4n) is 1.72. The lowest BCUT2D eigenvalue weighted by atomic mass is 10.0. The summed E-state index contributed by atoms with van der Waals surface area (Å²) in [5.41, 5.74) is 7.15. The third-order valence-corrected chi connectivity index (χ3v) is 3.58. The number of aliphatic hydroxyl groups excluding tert-OH is 1. The smallest absolute Gasteiger partial charge is 0.173 e. The number of nitrogen functional groups attached to an aromatic ring is 1. The zero-order valence-corrected chi connectivity index (χ0v) is 11.4. The van der Waals surface area contributed by atoms with Gasteiger partial charge in [-0.1, -0.05) is 6.07 Å². The summed E-state index contributed by atoms with van der Waals surface area (Å²) in [4.78, 5) is 3.91. The van der Waals surface area contributed by atoms with E-state index in [-0.39, 0.29) is 16.5 Å². The maximum Gasteiger partial charge on any atom is 0.173 e. The van der Waals surface area contributed by atoms with Crippen LogP contribution in [-0.2, 0) is 6.42 Å². The minimum Gasteiger partial charge on any atom is -0.398 e. The lowest BCUT2D eigenvalue weighted by Gasteiger charge is -2.14. The predicted octanol–water partition coefficient (Wildman–Crippen LogP) is 2.98. The van der Waals surface area contributed by atoms with Gasteiger partial charge in [0.1, 0.15) is 0 Å². The Morgan fingerprint density at radius 1 is 1.32 bits per heavy atom. The van der Waals surface area contributed by atoms with Gasteiger partial charge in [-0.2, -0.15) is 0 Å². The third kappa shape index (κ3) is 2.90. The minimum atomic E-state index is -1.02. The summed E-state index contributed by atoms with van der Waals surface area (Å²) in [6, 6.07) is 3.92. The van der Waals surface area contributed by atoms with Crippen molar-refractivity contribution in [3.63, 3.8) is 0 Å². The molecule has 0 aliphatic rings. The number of hydrogen-bond acceptors (Lipinski definition) is 3. The van der Waals surface area contributed by atoms with Crippen LogP contribution < -0.4 is 5.73 Å². The number of nitrogens with zero attached hydrogens (tertiary/aromatic N) is 1. The molecule has 19 heavy (non-hydrogen) atoms. The molecule has 6 heteroatoms. The van der Waals surface area contributed by atoms with Gasteiger partial charge in [0.25, 0.3) is 0 Å². The van der Waals surface area contributed by atoms with Gasteiger partial charge in [-0.15, -0.1) is 0 Å². The SMILES string of the molecule is Nc1ccncc1CC(O)c1ccc(F)c(F)c1Br. The quantitative estimate of drug-likeness (QED) is 0.851. The largest absolute Gasteiger partial charge is 0.398 e. The first-order chi connectivity index (χ1) is 9.00. The Morgan fingerprint density at radius 2 is 2.05 bits per heavy atom. The van der Waals surface area contributed by atoms with E-state index in [2.05, 4.69) is 20.9 Å². The Labute approximate surface area is 117 Å². The summed E-state index contributed by atoms with van der Waals surface area (Å²) in [7, 11) is 0. The van der Waals surface area contributed by atoms with Gasteiger partial charge in [-0.25, -0.2) is 8.78 Å². The Hall–Kier alpha value is -1.53. The van der Waals surface area contributed by atoms with Crippen LogP contribution in [0.25, 0.3) is 0 Å². The number of hydrogen-bond donors (Lipinski definition) is 2. The molecule has 0 fully saturated rings. The van der Waals surface area contributed by atoms with Crippen LogP contribution >= 0.6 is 15.9 Å². The molecule has 3 nitrogen and oxygen atoms in total. The summed E-state index contributed by atoms with van der Waals surface area (Å²) in [6.07, 6.45) is 2.24. The highest BCUT2D eigenvalue weighted by Crippen LogP contribution is 2.30. The standard InChI is InChI=1S/C13H11BrF2N2O/c14-12-8(1-2-9(15)13(12)16)11(19)5-7-6-18-4-3-10(7)17/h1-4,6,11,19H,5H2,(H2,17,18). The second-order valence-electron chi connectivity index (χ2n) is 4.06. The summed E-state index contributed by atoms with van der Waals surface area (Å²) in [5.74, 6) is -1.99. The average Bonchev–Trinajstić information content (AvgIpc) is 2.39. The maximum atomic E-state index is 13.4. The molecule has 1 aromatic carbocycles. The molecule has 0 radical (unpaired) electrons. The molecule has 3 N–H and O–H groups in total. The first kappa shape index (κ1) is 13.9. The molecule has 0 aliphatic heterocycles. The van der Waals surface area contributed by atoms with Crippen LogP contribution in [0.15, 0.2) is 35.1 Å². The number of benzene rings is 1. The van der Waals surface area contributed by atoms with Crippen molar-refractivity contribution in [3.8, 4) is 0 Å². The highest BCUT2D eigenvalue weighted by molar-refractivity contribution is 9.10. The van der Waals surface area contributed by atoms with Crippen LogP contribution in [0.5, 0.6) is 0 Å². The Balaban J connectivity index is 2.28. The maximum absolute atomic E-state index is 13.4. The van der Waals surface area contributed by atoms with Crippen molar-refractivity contribution in [1.82, 2.24) is 4.98 Å². The summed E-state index contributed by atoms with van der Waals surface area (Å²) in [5, 5.41) is 10.1. The van der Waals surface area contributed by atoms with Gasteiger partial charge in [0.2, 0.25) is 0 Å². The number of aromatic nitrogens is 1. The topological polar surface area (TPSA) is 59.1 Å². The van der Waals surface area contributed by atoms with Crippen molar-refractivity contribution >= 4 is 21.6 Å². The van der Waals surface area contributed by atoms with Gasteiger partial charge in [-0.3, -0.25) is 4.98 Å². The molecule has 0 saturated carbocycles. The summed E-state index contributed by atoms with van der Waals surface area (Å²) < 4.78 is 26.3. The lowest BCUT2D eigenvalue weighted by molar-refractivity contribution is 0.177. The van der Waals surface area contributed by atoms with Gasteiger partial charge in [0.05, 0.1) is 10.6 Å². The molecular formula is C13H11BrF2N2O. The van der Waals surface area contributed by atoms with E-state index in [1.807, 2.05) is 0 Å². The molecular weight excluding hydrogens is 318 g/mol. The molecule has 0 amide bonds. The molecule has 1 unspecified atom stereocenters. The Bertz CT molecular complexity index is 607. The van der Waals surface area contributed by atoms with E-state index in [9.17, 15) is 13.9 Å². The van der Waals surface area contributed by atoms with Crippen LogP contribution in [0.4, 0.5) is 14.5 Å². The van der Waals surface area contributed by atoms with E-state index in [1.165, 1.54) is 12.3 Å². The second-order valence-corrected chi connectivity index (χ2v) is 4.85. The van der Waals surface area contributed by atoms with E-state index in [4.69, 9.17) is 5.73 Å². The number of pyridine rings is 1. The number of rotatable bonds is 3. The monoisotopic (exact) mass is 328 g/mol. The fourth-order valence-corrected chi connectivity index (χ4v) is 2.31. The van der Waals surface area contributed by atoms with Crippen molar-refractivity contribution < 1.29 is 13.9 Å². The first-order valence-electron chi connectivity index (χ1n) is 5.50. The number of anilines is 1. The van der Waals surface area contributed by atoms with Gasteiger partial charge in [0.15, 0.2) is 11.6 Å². The van der Waals surface area contributed by atoms with Crippen LogP contribution in [-0.4, -0.2) is 10.1 Å². The van der Waals surface area contributed by atoms with E-state index >= 15 is 0 Å². The highest BCUT2D eigenvalue weighted by Gasteiger charge is 2.18. The molecule has 100 valence electrons. The number of aliphatic hydroxyl groups is 1. The molecule has 0 saturated heterocycles. The fraction of sp³-hybridized carbons (Fsp3) is 0.154. The number of halogens is 3. The normalized spacial score (nSPS) is 12.4. The van der Waals surface area contributed by atoms with Gasteiger partial charge < -0.3 is 10.8 Å². The van der Waals surface area contributed by atoms with E-state index in [1.54, 1.807) is 12.3 Å². The van der Waals surface area contributed by atoms with Crippen LogP contribution in [0, 0.1) is 11.6 Å². The van der Waals surface area contributed by atoms with Gasteiger partial charge >= 0.3 is 0 Å². The van der Waals surface area contributed by atoms with Crippen LogP contribution in [0.2, 0.25) is 0 Å². The third-order valence-electron chi connectivity index (χ3n) is 2.78. The molecule has 0 bridgehead atoms. The van der Waals surface area contributed by atoms with Crippen molar-refractivity contribution in [3.05, 3.63) is 57.8 Å². The van der Waals surface area contributed by atoms with E-state index in [0.29, 0.717) is 11.3 Å². The second kappa shape index (κ2) is 5.63. The van der Waals surface area contributed by atoms with E-state index < -0.39 is 17.7 Å². The molecule has 2 rings (SSSR count). The average molecular weight is 329 g/mol. The summed E-state index contributed by atoms with van der Waals surface area (Å²) in [6.45, 7) is 0. The highest BCUT2D eigenvalue weighted by atomic mass is 79.9. The van der Waals surface area contributed by atoms with Crippen LogP contribution in [0.3, 0.4) is 0 Å². The lowest BCUT2D eigenvalue weighted by Crippen LogP contribution is -2.06. The van der Waals surface area contributed by atoms with Crippen LogP contribution in [0.1, 0.15) is 17.2 Å². The van der Waals surface area contributed by atoms with Crippen molar-refractivity contribution in [1.29, 1.82) is 0 Å². The molecule has 2 aromatic rings. The zero-order valence-electron chi connectivity index (χ0n) is 9.78. The zero-order chi connectivity index (χ0) is 14.0. The Kier molecular flexibility index (Phi) is 4.11. The molecule has 1 atom stereocenters. The van der Waals surface area contributed by atoms with E-state index in [0.717, 1.165) is 6.07 Å². The molecule has 1 aromatic heterocycles. The molecule has 0 spiro atoms.